The first-order chi connectivity index (χ1) is 8.61. The van der Waals surface area contributed by atoms with E-state index in [1.807, 2.05) is 19.1 Å². The van der Waals surface area contributed by atoms with Crippen LogP contribution in [0.3, 0.4) is 0 Å². The van der Waals surface area contributed by atoms with Gasteiger partial charge in [0.05, 0.1) is 12.2 Å². The van der Waals surface area contributed by atoms with Gasteiger partial charge in [0.2, 0.25) is 11.8 Å². The third kappa shape index (κ3) is 2.46. The van der Waals surface area contributed by atoms with Crippen molar-refractivity contribution in [3.05, 3.63) is 29.3 Å². The van der Waals surface area contributed by atoms with Crippen molar-refractivity contribution < 1.29 is 4.74 Å². The summed E-state index contributed by atoms with van der Waals surface area (Å²) in [6, 6.07) is 7.19. The molecule has 1 heterocycles. The lowest BCUT2D eigenvalue weighted by molar-refractivity contribution is 0.328. The Morgan fingerprint density at radius 1 is 1.17 bits per heavy atom. The largest absolute Gasteiger partial charge is 0.477 e. The molecule has 0 radical (unpaired) electrons. The van der Waals surface area contributed by atoms with Crippen LogP contribution in [0.5, 0.6) is 5.88 Å². The lowest BCUT2D eigenvalue weighted by atomic mass is 10.1. The van der Waals surface area contributed by atoms with Gasteiger partial charge in [0.25, 0.3) is 0 Å². The van der Waals surface area contributed by atoms with Crippen molar-refractivity contribution in [2.24, 2.45) is 0 Å². The minimum absolute atomic E-state index is 0.0914. The van der Waals surface area contributed by atoms with Crippen LogP contribution < -0.4 is 16.2 Å². The van der Waals surface area contributed by atoms with Crippen molar-refractivity contribution in [3.63, 3.8) is 0 Å². The molecule has 0 spiro atoms. The molecule has 0 aliphatic rings. The van der Waals surface area contributed by atoms with E-state index in [4.69, 9.17) is 27.8 Å². The normalized spacial score (nSPS) is 10.3. The molecule has 4 N–H and O–H groups in total. The second kappa shape index (κ2) is 5.10. The second-order valence-corrected chi connectivity index (χ2v) is 4.02. The first kappa shape index (κ1) is 12.4. The summed E-state index contributed by atoms with van der Waals surface area (Å²) >= 11 is 5.85. The summed E-state index contributed by atoms with van der Waals surface area (Å²) < 4.78 is 5.44. The van der Waals surface area contributed by atoms with Gasteiger partial charge in [-0.3, -0.25) is 0 Å². The molecule has 18 heavy (non-hydrogen) atoms. The molecule has 0 amide bonds. The molecule has 2 aromatic rings. The quantitative estimate of drug-likeness (QED) is 0.889. The van der Waals surface area contributed by atoms with E-state index >= 15 is 0 Å². The summed E-state index contributed by atoms with van der Waals surface area (Å²) in [5, 5.41) is 0.645. The van der Waals surface area contributed by atoms with Gasteiger partial charge in [-0.15, -0.1) is 0 Å². The minimum atomic E-state index is 0.0914. The minimum Gasteiger partial charge on any atom is -0.477 e. The summed E-state index contributed by atoms with van der Waals surface area (Å²) in [5.41, 5.74) is 12.9. The van der Waals surface area contributed by atoms with Gasteiger partial charge in [0.15, 0.2) is 0 Å². The zero-order valence-corrected chi connectivity index (χ0v) is 10.6. The number of nitrogens with two attached hydrogens (primary N) is 2. The Labute approximate surface area is 110 Å². The van der Waals surface area contributed by atoms with Crippen LogP contribution in [0.2, 0.25) is 5.02 Å². The molecule has 0 aliphatic heterocycles. The fourth-order valence-electron chi connectivity index (χ4n) is 1.60. The van der Waals surface area contributed by atoms with Crippen LogP contribution in [0.15, 0.2) is 24.3 Å². The van der Waals surface area contributed by atoms with Gasteiger partial charge in [-0.05, 0) is 24.6 Å². The number of aromatic nitrogens is 2. The Hall–Kier alpha value is -2.01. The van der Waals surface area contributed by atoms with Gasteiger partial charge in [-0.2, -0.15) is 9.97 Å². The molecule has 5 nitrogen and oxygen atoms in total. The number of anilines is 2. The highest BCUT2D eigenvalue weighted by atomic mass is 35.5. The van der Waals surface area contributed by atoms with E-state index in [0.29, 0.717) is 23.1 Å². The van der Waals surface area contributed by atoms with E-state index in [0.717, 1.165) is 5.56 Å². The highest BCUT2D eigenvalue weighted by Gasteiger charge is 2.14. The van der Waals surface area contributed by atoms with Gasteiger partial charge in [-0.25, -0.2) is 0 Å². The molecular weight excluding hydrogens is 252 g/mol. The number of hydrogen-bond donors (Lipinski definition) is 2. The van der Waals surface area contributed by atoms with E-state index < -0.39 is 0 Å². The maximum absolute atomic E-state index is 5.88. The van der Waals surface area contributed by atoms with Crippen LogP contribution in [-0.4, -0.2) is 16.6 Å². The number of hydrogen-bond acceptors (Lipinski definition) is 5. The lowest BCUT2D eigenvalue weighted by Gasteiger charge is -2.11. The van der Waals surface area contributed by atoms with Crippen molar-refractivity contribution in [1.29, 1.82) is 0 Å². The van der Waals surface area contributed by atoms with E-state index in [1.54, 1.807) is 12.1 Å². The first-order valence-corrected chi connectivity index (χ1v) is 5.81. The zero-order valence-electron chi connectivity index (χ0n) is 9.85. The molecule has 0 atom stereocenters. The number of rotatable bonds is 3. The fourth-order valence-corrected chi connectivity index (χ4v) is 1.73. The maximum atomic E-state index is 5.88. The van der Waals surface area contributed by atoms with Crippen LogP contribution in [-0.2, 0) is 0 Å². The number of ether oxygens (including phenoxy) is 1. The van der Waals surface area contributed by atoms with E-state index in [9.17, 15) is 0 Å². The number of halogens is 1. The molecule has 0 unspecified atom stereocenters. The van der Waals surface area contributed by atoms with Crippen LogP contribution in [0.4, 0.5) is 11.8 Å². The molecule has 0 saturated carbocycles. The van der Waals surface area contributed by atoms with Crippen molar-refractivity contribution in [3.8, 4) is 17.0 Å². The van der Waals surface area contributed by atoms with Crippen LogP contribution in [0.25, 0.3) is 11.1 Å². The van der Waals surface area contributed by atoms with E-state index in [-0.39, 0.29) is 11.8 Å². The van der Waals surface area contributed by atoms with Crippen molar-refractivity contribution >= 4 is 23.4 Å². The molecule has 0 fully saturated rings. The topological polar surface area (TPSA) is 87.0 Å². The molecule has 2 rings (SSSR count). The monoisotopic (exact) mass is 264 g/mol. The third-order valence-corrected chi connectivity index (χ3v) is 2.59. The smallest absolute Gasteiger partial charge is 0.228 e. The summed E-state index contributed by atoms with van der Waals surface area (Å²) in [5.74, 6) is 0.756. The Balaban J connectivity index is 2.57. The van der Waals surface area contributed by atoms with Crippen molar-refractivity contribution in [2.75, 3.05) is 18.1 Å². The van der Waals surface area contributed by atoms with Crippen molar-refractivity contribution in [1.82, 2.24) is 9.97 Å². The summed E-state index contributed by atoms with van der Waals surface area (Å²) in [6.45, 7) is 2.33. The Kier molecular flexibility index (Phi) is 3.53. The Bertz CT molecular complexity index is 557. The Morgan fingerprint density at radius 3 is 2.44 bits per heavy atom. The number of nitrogen functional groups attached to an aromatic ring is 2. The summed E-state index contributed by atoms with van der Waals surface area (Å²) in [6.07, 6.45) is 0. The molecule has 0 aliphatic carbocycles. The third-order valence-electron chi connectivity index (χ3n) is 2.34. The first-order valence-electron chi connectivity index (χ1n) is 5.43. The second-order valence-electron chi connectivity index (χ2n) is 3.59. The van der Waals surface area contributed by atoms with E-state index in [1.165, 1.54) is 0 Å². The predicted octanol–water partition coefficient (Wildman–Crippen LogP) is 2.36. The van der Waals surface area contributed by atoms with Gasteiger partial charge < -0.3 is 16.2 Å². The van der Waals surface area contributed by atoms with Gasteiger partial charge >= 0.3 is 0 Å². The lowest BCUT2D eigenvalue weighted by Crippen LogP contribution is -2.06. The predicted molar refractivity (Wildman–Crippen MR) is 72.5 cm³/mol. The van der Waals surface area contributed by atoms with E-state index in [2.05, 4.69) is 9.97 Å². The molecule has 1 aromatic carbocycles. The Morgan fingerprint density at radius 2 is 1.83 bits per heavy atom. The van der Waals surface area contributed by atoms with Gasteiger partial charge in [0, 0.05) is 5.02 Å². The molecular formula is C12H13ClN4O. The van der Waals surface area contributed by atoms with Crippen LogP contribution in [0, 0.1) is 0 Å². The molecule has 0 bridgehead atoms. The number of nitrogens with zero attached hydrogens (tertiary/aromatic N) is 2. The summed E-state index contributed by atoms with van der Waals surface area (Å²) in [7, 11) is 0. The SMILES string of the molecule is CCOc1nc(N)nc(N)c1-c1ccc(Cl)cc1. The molecule has 0 saturated heterocycles. The average Bonchev–Trinajstić information content (AvgIpc) is 2.31. The zero-order chi connectivity index (χ0) is 13.1. The van der Waals surface area contributed by atoms with Crippen LogP contribution in [0.1, 0.15) is 6.92 Å². The number of benzene rings is 1. The van der Waals surface area contributed by atoms with Crippen molar-refractivity contribution in [2.45, 2.75) is 6.92 Å². The standard InChI is InChI=1S/C12H13ClN4O/c1-2-18-11-9(10(14)16-12(15)17-11)7-3-5-8(13)6-4-7/h3-6H,2H2,1H3,(H4,14,15,16,17). The summed E-state index contributed by atoms with van der Waals surface area (Å²) in [4.78, 5) is 8.00. The molecule has 6 heteroatoms. The average molecular weight is 265 g/mol. The molecule has 94 valence electrons. The highest BCUT2D eigenvalue weighted by Crippen LogP contribution is 2.33. The van der Waals surface area contributed by atoms with Gasteiger partial charge in [0.1, 0.15) is 5.82 Å². The highest BCUT2D eigenvalue weighted by molar-refractivity contribution is 6.30. The fraction of sp³-hybridized carbons (Fsp3) is 0.167. The van der Waals surface area contributed by atoms with Crippen LogP contribution >= 0.6 is 11.6 Å². The van der Waals surface area contributed by atoms with Gasteiger partial charge in [-0.1, -0.05) is 23.7 Å². The molecule has 1 aromatic heterocycles. The maximum Gasteiger partial charge on any atom is 0.228 e.